The zero-order chi connectivity index (χ0) is 13.4. The van der Waals surface area contributed by atoms with E-state index in [1.165, 1.54) is 0 Å². The molecule has 0 unspecified atom stereocenters. The highest BCUT2D eigenvalue weighted by molar-refractivity contribution is 9.10. The van der Waals surface area contributed by atoms with Crippen LogP contribution in [-0.2, 0) is 16.1 Å². The van der Waals surface area contributed by atoms with Gasteiger partial charge in [0.2, 0.25) is 5.91 Å². The molecular weight excluding hydrogens is 294 g/mol. The second-order valence-corrected chi connectivity index (χ2v) is 5.10. The second kappa shape index (κ2) is 8.27. The average molecular weight is 314 g/mol. The third-order valence-electron chi connectivity index (χ3n) is 2.62. The number of nitrogens with zero attached hydrogens (tertiary/aromatic N) is 1. The maximum absolute atomic E-state index is 11.9. The molecule has 1 rings (SSSR count). The van der Waals surface area contributed by atoms with Gasteiger partial charge in [0.1, 0.15) is 0 Å². The van der Waals surface area contributed by atoms with Crippen LogP contribution >= 0.6 is 15.9 Å². The molecule has 0 fully saturated rings. The molecule has 1 aromatic rings. The van der Waals surface area contributed by atoms with Gasteiger partial charge >= 0.3 is 0 Å². The maximum Gasteiger partial charge on any atom is 0.222 e. The molecule has 4 heteroatoms. The van der Waals surface area contributed by atoms with Gasteiger partial charge in [-0.25, -0.2) is 0 Å². The fourth-order valence-corrected chi connectivity index (χ4v) is 2.10. The number of carbonyl (C=O) groups is 1. The summed E-state index contributed by atoms with van der Waals surface area (Å²) < 4.78 is 6.26. The molecule has 0 spiro atoms. The van der Waals surface area contributed by atoms with E-state index in [1.54, 1.807) is 4.90 Å². The Labute approximate surface area is 117 Å². The Morgan fingerprint density at radius 2 is 2.22 bits per heavy atom. The predicted molar refractivity (Wildman–Crippen MR) is 76.3 cm³/mol. The maximum atomic E-state index is 11.9. The lowest BCUT2D eigenvalue weighted by Crippen LogP contribution is -2.26. The number of benzene rings is 1. The van der Waals surface area contributed by atoms with Crippen molar-refractivity contribution in [1.82, 2.24) is 4.90 Å². The summed E-state index contributed by atoms with van der Waals surface area (Å²) >= 11 is 3.43. The fraction of sp³-hybridized carbons (Fsp3) is 0.500. The van der Waals surface area contributed by atoms with E-state index in [4.69, 9.17) is 4.74 Å². The van der Waals surface area contributed by atoms with Gasteiger partial charge in [-0.2, -0.15) is 0 Å². The first-order valence-electron chi connectivity index (χ1n) is 6.19. The molecule has 1 aromatic carbocycles. The van der Waals surface area contributed by atoms with E-state index in [1.807, 2.05) is 38.2 Å². The molecule has 0 atom stereocenters. The summed E-state index contributed by atoms with van der Waals surface area (Å²) in [6.07, 6.45) is 1.33. The molecule has 1 amide bonds. The van der Waals surface area contributed by atoms with Crippen molar-refractivity contribution in [3.05, 3.63) is 34.3 Å². The van der Waals surface area contributed by atoms with Gasteiger partial charge in [-0.1, -0.05) is 28.1 Å². The summed E-state index contributed by atoms with van der Waals surface area (Å²) in [5, 5.41) is 0. The summed E-state index contributed by atoms with van der Waals surface area (Å²) in [6, 6.07) is 8.01. The lowest BCUT2D eigenvalue weighted by molar-refractivity contribution is -0.130. The van der Waals surface area contributed by atoms with Crippen molar-refractivity contribution in [2.24, 2.45) is 0 Å². The van der Waals surface area contributed by atoms with Crippen molar-refractivity contribution in [3.63, 3.8) is 0 Å². The summed E-state index contributed by atoms with van der Waals surface area (Å²) in [5.41, 5.74) is 1.13. The van der Waals surface area contributed by atoms with Gasteiger partial charge in [0.05, 0.1) is 0 Å². The molecule has 0 saturated heterocycles. The number of carbonyl (C=O) groups excluding carboxylic acids is 1. The predicted octanol–water partition coefficient (Wildman–Crippen LogP) is 3.22. The Kier molecular flexibility index (Phi) is 6.98. The van der Waals surface area contributed by atoms with Gasteiger partial charge in [0.15, 0.2) is 0 Å². The number of hydrogen-bond acceptors (Lipinski definition) is 2. The lowest BCUT2D eigenvalue weighted by Gasteiger charge is -2.17. The minimum absolute atomic E-state index is 0.162. The first-order valence-corrected chi connectivity index (χ1v) is 6.99. The van der Waals surface area contributed by atoms with E-state index in [9.17, 15) is 4.79 Å². The van der Waals surface area contributed by atoms with E-state index in [-0.39, 0.29) is 5.91 Å². The highest BCUT2D eigenvalue weighted by Gasteiger charge is 2.08. The van der Waals surface area contributed by atoms with Crippen LogP contribution in [-0.4, -0.2) is 31.1 Å². The molecule has 0 N–H and O–H groups in total. The second-order valence-electron chi connectivity index (χ2n) is 4.18. The standard InChI is InChI=1S/C14H20BrNO2/c1-3-18-9-5-8-14(17)16(2)11-12-6-4-7-13(15)10-12/h4,6-7,10H,3,5,8-9,11H2,1-2H3. The van der Waals surface area contributed by atoms with Crippen molar-refractivity contribution in [2.75, 3.05) is 20.3 Å². The molecule has 0 heterocycles. The van der Waals surface area contributed by atoms with E-state index >= 15 is 0 Å². The summed E-state index contributed by atoms with van der Waals surface area (Å²) in [6.45, 7) is 3.98. The average Bonchev–Trinajstić information content (AvgIpc) is 2.34. The highest BCUT2D eigenvalue weighted by atomic mass is 79.9. The van der Waals surface area contributed by atoms with Crippen LogP contribution in [0.4, 0.5) is 0 Å². The molecule has 0 aliphatic rings. The smallest absolute Gasteiger partial charge is 0.222 e. The Hall–Kier alpha value is -0.870. The number of hydrogen-bond donors (Lipinski definition) is 0. The monoisotopic (exact) mass is 313 g/mol. The molecule has 0 aliphatic heterocycles. The lowest BCUT2D eigenvalue weighted by atomic mass is 10.2. The zero-order valence-corrected chi connectivity index (χ0v) is 12.6. The summed E-state index contributed by atoms with van der Waals surface area (Å²) in [5.74, 6) is 0.162. The van der Waals surface area contributed by atoms with E-state index in [0.717, 1.165) is 16.5 Å². The quantitative estimate of drug-likeness (QED) is 0.723. The normalized spacial score (nSPS) is 10.4. The molecule has 0 radical (unpaired) electrons. The molecule has 0 aromatic heterocycles. The van der Waals surface area contributed by atoms with Gasteiger partial charge in [0.25, 0.3) is 0 Å². The van der Waals surface area contributed by atoms with Crippen LogP contribution in [0.3, 0.4) is 0 Å². The highest BCUT2D eigenvalue weighted by Crippen LogP contribution is 2.13. The first kappa shape index (κ1) is 15.2. The minimum atomic E-state index is 0.162. The molecular formula is C14H20BrNO2. The van der Waals surface area contributed by atoms with Crippen LogP contribution in [0.5, 0.6) is 0 Å². The van der Waals surface area contributed by atoms with Gasteiger partial charge in [0, 0.05) is 37.7 Å². The molecule has 0 bridgehead atoms. The van der Waals surface area contributed by atoms with Crippen molar-refractivity contribution < 1.29 is 9.53 Å². The van der Waals surface area contributed by atoms with Gasteiger partial charge in [-0.15, -0.1) is 0 Å². The van der Waals surface area contributed by atoms with E-state index in [0.29, 0.717) is 26.2 Å². The summed E-state index contributed by atoms with van der Waals surface area (Å²) in [4.78, 5) is 13.6. The van der Waals surface area contributed by atoms with Crippen LogP contribution in [0.25, 0.3) is 0 Å². The molecule has 0 saturated carbocycles. The first-order chi connectivity index (χ1) is 8.63. The number of halogens is 1. The Balaban J connectivity index is 2.35. The Bertz CT molecular complexity index is 382. The Morgan fingerprint density at radius 1 is 1.44 bits per heavy atom. The zero-order valence-electron chi connectivity index (χ0n) is 11.0. The third kappa shape index (κ3) is 5.65. The Morgan fingerprint density at radius 3 is 2.89 bits per heavy atom. The largest absolute Gasteiger partial charge is 0.382 e. The summed E-state index contributed by atoms with van der Waals surface area (Å²) in [7, 11) is 1.84. The van der Waals surface area contributed by atoms with Crippen molar-refractivity contribution in [1.29, 1.82) is 0 Å². The fourth-order valence-electron chi connectivity index (χ4n) is 1.66. The SMILES string of the molecule is CCOCCCC(=O)N(C)Cc1cccc(Br)c1. The van der Waals surface area contributed by atoms with Crippen LogP contribution in [0.15, 0.2) is 28.7 Å². The van der Waals surface area contributed by atoms with E-state index in [2.05, 4.69) is 15.9 Å². The van der Waals surface area contributed by atoms with Gasteiger partial charge in [-0.05, 0) is 31.0 Å². The van der Waals surface area contributed by atoms with Gasteiger partial charge in [-0.3, -0.25) is 4.79 Å². The van der Waals surface area contributed by atoms with E-state index < -0.39 is 0 Å². The number of amides is 1. The molecule has 100 valence electrons. The molecule has 3 nitrogen and oxygen atoms in total. The minimum Gasteiger partial charge on any atom is -0.382 e. The number of ether oxygens (including phenoxy) is 1. The van der Waals surface area contributed by atoms with Crippen LogP contribution in [0, 0.1) is 0 Å². The van der Waals surface area contributed by atoms with Gasteiger partial charge < -0.3 is 9.64 Å². The van der Waals surface area contributed by atoms with Crippen LogP contribution in [0.2, 0.25) is 0 Å². The molecule has 0 aliphatic carbocycles. The van der Waals surface area contributed by atoms with Crippen molar-refractivity contribution >= 4 is 21.8 Å². The molecule has 18 heavy (non-hydrogen) atoms. The van der Waals surface area contributed by atoms with Crippen LogP contribution in [0.1, 0.15) is 25.3 Å². The van der Waals surface area contributed by atoms with Crippen LogP contribution < -0.4 is 0 Å². The topological polar surface area (TPSA) is 29.5 Å². The van der Waals surface area contributed by atoms with Crippen molar-refractivity contribution in [2.45, 2.75) is 26.3 Å². The third-order valence-corrected chi connectivity index (χ3v) is 3.11. The van der Waals surface area contributed by atoms with Crippen molar-refractivity contribution in [3.8, 4) is 0 Å². The number of rotatable bonds is 7.